The second kappa shape index (κ2) is 8.95. The fourth-order valence-electron chi connectivity index (χ4n) is 3.90. The van der Waals surface area contributed by atoms with Crippen LogP contribution in [0.4, 0.5) is 5.69 Å². The molecule has 4 nitrogen and oxygen atoms in total. The van der Waals surface area contributed by atoms with Crippen LogP contribution in [-0.4, -0.2) is 29.8 Å². The third-order valence-corrected chi connectivity index (χ3v) is 5.72. The number of benzene rings is 3. The van der Waals surface area contributed by atoms with E-state index in [-0.39, 0.29) is 11.8 Å². The molecule has 0 saturated carbocycles. The average Bonchev–Trinajstić information content (AvgIpc) is 2.78. The molecule has 0 bridgehead atoms. The Hall–Kier alpha value is -3.40. The zero-order chi connectivity index (χ0) is 20.9. The standard InChI is InChI=1S/C26H26N2O2/c1-19-15-17-28(18-16-19)26(30)23-11-4-5-12-24(23)27-25(29)14-13-21-9-6-8-20-7-2-3-10-22(20)21/h2-14,19H,15-18H2,1H3,(H,27,29). The molecule has 2 amide bonds. The van der Waals surface area contributed by atoms with Gasteiger partial charge in [0.1, 0.15) is 0 Å². The Bertz CT molecular complexity index is 1090. The average molecular weight is 399 g/mol. The number of nitrogens with one attached hydrogen (secondary N) is 1. The van der Waals surface area contributed by atoms with E-state index in [4.69, 9.17) is 0 Å². The maximum atomic E-state index is 13.0. The predicted molar refractivity (Wildman–Crippen MR) is 122 cm³/mol. The summed E-state index contributed by atoms with van der Waals surface area (Å²) in [6.45, 7) is 3.75. The minimum atomic E-state index is -0.254. The number of para-hydroxylation sites is 1. The Balaban J connectivity index is 1.50. The lowest BCUT2D eigenvalue weighted by Gasteiger charge is -2.30. The quantitative estimate of drug-likeness (QED) is 0.601. The van der Waals surface area contributed by atoms with Crippen LogP contribution in [0.15, 0.2) is 72.8 Å². The van der Waals surface area contributed by atoms with Crippen LogP contribution in [0.5, 0.6) is 0 Å². The zero-order valence-electron chi connectivity index (χ0n) is 17.2. The van der Waals surface area contributed by atoms with Gasteiger partial charge in [-0.1, -0.05) is 61.5 Å². The van der Waals surface area contributed by atoms with E-state index in [2.05, 4.69) is 24.4 Å². The highest BCUT2D eigenvalue weighted by Crippen LogP contribution is 2.23. The molecule has 1 saturated heterocycles. The highest BCUT2D eigenvalue weighted by molar-refractivity contribution is 6.08. The molecule has 0 unspecified atom stereocenters. The molecular weight excluding hydrogens is 372 g/mol. The highest BCUT2D eigenvalue weighted by Gasteiger charge is 2.23. The molecule has 0 atom stereocenters. The fraction of sp³-hybridized carbons (Fsp3) is 0.231. The van der Waals surface area contributed by atoms with Crippen molar-refractivity contribution in [3.8, 4) is 0 Å². The van der Waals surface area contributed by atoms with Crippen LogP contribution in [0.25, 0.3) is 16.8 Å². The number of nitrogens with zero attached hydrogens (tertiary/aromatic N) is 1. The maximum Gasteiger partial charge on any atom is 0.255 e. The molecule has 1 aliphatic rings. The van der Waals surface area contributed by atoms with Gasteiger partial charge in [0.2, 0.25) is 5.91 Å². The molecule has 1 N–H and O–H groups in total. The van der Waals surface area contributed by atoms with Gasteiger partial charge in [-0.05, 0) is 53.3 Å². The Morgan fingerprint density at radius 1 is 0.933 bits per heavy atom. The second-order valence-corrected chi connectivity index (χ2v) is 7.91. The maximum absolute atomic E-state index is 13.0. The number of carbonyl (C=O) groups excluding carboxylic acids is 2. The van der Waals surface area contributed by atoms with Gasteiger partial charge in [0, 0.05) is 19.2 Å². The summed E-state index contributed by atoms with van der Waals surface area (Å²) in [6, 6.07) is 21.3. The van der Waals surface area contributed by atoms with Gasteiger partial charge >= 0.3 is 0 Å². The van der Waals surface area contributed by atoms with Crippen molar-refractivity contribution in [1.29, 1.82) is 0 Å². The first-order chi connectivity index (χ1) is 14.6. The second-order valence-electron chi connectivity index (χ2n) is 7.91. The molecular formula is C26H26N2O2. The van der Waals surface area contributed by atoms with Crippen LogP contribution in [0.3, 0.4) is 0 Å². The lowest BCUT2D eigenvalue weighted by Crippen LogP contribution is -2.38. The Labute approximate surface area is 177 Å². The monoisotopic (exact) mass is 398 g/mol. The van der Waals surface area contributed by atoms with E-state index >= 15 is 0 Å². The molecule has 0 aliphatic carbocycles. The minimum Gasteiger partial charge on any atom is -0.339 e. The van der Waals surface area contributed by atoms with Crippen molar-refractivity contribution in [2.45, 2.75) is 19.8 Å². The molecule has 0 spiro atoms. The van der Waals surface area contributed by atoms with E-state index in [1.54, 1.807) is 12.1 Å². The Kier molecular flexibility index (Phi) is 5.94. The minimum absolute atomic E-state index is 0.0177. The van der Waals surface area contributed by atoms with E-state index in [0.29, 0.717) is 17.2 Å². The van der Waals surface area contributed by atoms with Gasteiger partial charge < -0.3 is 10.2 Å². The van der Waals surface area contributed by atoms with Crippen molar-refractivity contribution < 1.29 is 9.59 Å². The van der Waals surface area contributed by atoms with Crippen LogP contribution >= 0.6 is 0 Å². The molecule has 4 rings (SSSR count). The Morgan fingerprint density at radius 2 is 1.63 bits per heavy atom. The number of fused-ring (bicyclic) bond motifs is 1. The van der Waals surface area contributed by atoms with Crippen molar-refractivity contribution in [2.24, 2.45) is 5.92 Å². The third kappa shape index (κ3) is 4.43. The SMILES string of the molecule is CC1CCN(C(=O)c2ccccc2NC(=O)C=Cc2cccc3ccccc23)CC1. The molecule has 0 aromatic heterocycles. The number of likely N-dealkylation sites (tertiary alicyclic amines) is 1. The molecule has 1 heterocycles. The fourth-order valence-corrected chi connectivity index (χ4v) is 3.90. The first-order valence-corrected chi connectivity index (χ1v) is 10.5. The number of rotatable bonds is 4. The van der Waals surface area contributed by atoms with Gasteiger partial charge in [-0.25, -0.2) is 0 Å². The number of piperidine rings is 1. The summed E-state index contributed by atoms with van der Waals surface area (Å²) in [4.78, 5) is 27.5. The first kappa shape index (κ1) is 19.9. The lowest BCUT2D eigenvalue weighted by molar-refractivity contribution is -0.111. The summed E-state index contributed by atoms with van der Waals surface area (Å²) in [5, 5.41) is 5.11. The normalized spacial score (nSPS) is 14.9. The molecule has 0 radical (unpaired) electrons. The van der Waals surface area contributed by atoms with Crippen molar-refractivity contribution in [1.82, 2.24) is 4.90 Å². The zero-order valence-corrected chi connectivity index (χ0v) is 17.2. The van der Waals surface area contributed by atoms with Gasteiger partial charge in [-0.3, -0.25) is 9.59 Å². The molecule has 152 valence electrons. The van der Waals surface area contributed by atoms with E-state index in [0.717, 1.165) is 42.3 Å². The molecule has 3 aromatic carbocycles. The summed E-state index contributed by atoms with van der Waals surface area (Å²) in [5.74, 6) is 0.384. The van der Waals surface area contributed by atoms with Crippen molar-refractivity contribution in [3.63, 3.8) is 0 Å². The molecule has 1 aliphatic heterocycles. The summed E-state index contributed by atoms with van der Waals surface area (Å²) >= 11 is 0. The number of hydrogen-bond acceptors (Lipinski definition) is 2. The van der Waals surface area contributed by atoms with Gasteiger partial charge in [0.05, 0.1) is 11.3 Å². The van der Waals surface area contributed by atoms with E-state index in [9.17, 15) is 9.59 Å². The van der Waals surface area contributed by atoms with Crippen LogP contribution in [-0.2, 0) is 4.79 Å². The van der Waals surface area contributed by atoms with Crippen LogP contribution < -0.4 is 5.32 Å². The van der Waals surface area contributed by atoms with Gasteiger partial charge in [0.25, 0.3) is 5.91 Å². The predicted octanol–water partition coefficient (Wildman–Crippen LogP) is 5.36. The van der Waals surface area contributed by atoms with Crippen molar-refractivity contribution in [3.05, 3.63) is 83.9 Å². The van der Waals surface area contributed by atoms with Gasteiger partial charge in [-0.2, -0.15) is 0 Å². The van der Waals surface area contributed by atoms with Crippen LogP contribution in [0, 0.1) is 5.92 Å². The number of carbonyl (C=O) groups is 2. The topological polar surface area (TPSA) is 49.4 Å². The number of hydrogen-bond donors (Lipinski definition) is 1. The molecule has 30 heavy (non-hydrogen) atoms. The van der Waals surface area contributed by atoms with E-state index in [1.807, 2.05) is 53.4 Å². The highest BCUT2D eigenvalue weighted by atomic mass is 16.2. The van der Waals surface area contributed by atoms with Crippen LogP contribution in [0.1, 0.15) is 35.7 Å². The molecule has 1 fully saturated rings. The lowest BCUT2D eigenvalue weighted by atomic mass is 9.98. The summed E-state index contributed by atoms with van der Waals surface area (Å²) < 4.78 is 0. The largest absolute Gasteiger partial charge is 0.339 e. The van der Waals surface area contributed by atoms with E-state index in [1.165, 1.54) is 6.08 Å². The van der Waals surface area contributed by atoms with Crippen molar-refractivity contribution in [2.75, 3.05) is 18.4 Å². The summed E-state index contributed by atoms with van der Waals surface area (Å²) in [5.41, 5.74) is 2.07. The summed E-state index contributed by atoms with van der Waals surface area (Å²) in [6.07, 6.45) is 5.38. The third-order valence-electron chi connectivity index (χ3n) is 5.72. The Morgan fingerprint density at radius 3 is 2.47 bits per heavy atom. The van der Waals surface area contributed by atoms with Gasteiger partial charge in [-0.15, -0.1) is 0 Å². The first-order valence-electron chi connectivity index (χ1n) is 10.5. The smallest absolute Gasteiger partial charge is 0.255 e. The van der Waals surface area contributed by atoms with Crippen LogP contribution in [0.2, 0.25) is 0 Å². The molecule has 4 heteroatoms. The number of anilines is 1. The van der Waals surface area contributed by atoms with E-state index < -0.39 is 0 Å². The van der Waals surface area contributed by atoms with Gasteiger partial charge in [0.15, 0.2) is 0 Å². The van der Waals surface area contributed by atoms with Crippen molar-refractivity contribution >= 4 is 34.4 Å². The summed E-state index contributed by atoms with van der Waals surface area (Å²) in [7, 11) is 0. The number of amides is 2. The molecule has 3 aromatic rings.